The zero-order valence-corrected chi connectivity index (χ0v) is 21.2. The summed E-state index contributed by atoms with van der Waals surface area (Å²) in [6.07, 6.45) is 10.6. The summed E-state index contributed by atoms with van der Waals surface area (Å²) in [6, 6.07) is 12.1. The first-order valence-electron chi connectivity index (χ1n) is 12.2. The van der Waals surface area contributed by atoms with E-state index in [2.05, 4.69) is 22.8 Å². The maximum Gasteiger partial charge on any atom is 0.337 e. The Morgan fingerprint density at radius 1 is 1.08 bits per heavy atom. The monoisotopic (exact) mass is 501 g/mol. The van der Waals surface area contributed by atoms with Crippen LogP contribution >= 0.6 is 0 Å². The third-order valence-corrected chi connectivity index (χ3v) is 6.58. The lowest BCUT2D eigenvalue weighted by Crippen LogP contribution is -2.40. The van der Waals surface area contributed by atoms with Crippen LogP contribution in [0.2, 0.25) is 0 Å². The van der Waals surface area contributed by atoms with Crippen molar-refractivity contribution >= 4 is 28.6 Å². The minimum absolute atomic E-state index is 0.00974. The number of terminal acetylenes is 1. The third kappa shape index (κ3) is 6.50. The molecular formula is C29H31N3O5. The molecule has 0 saturated carbocycles. The molecule has 0 unspecified atom stereocenters. The summed E-state index contributed by atoms with van der Waals surface area (Å²) in [5.74, 6) is -0.0318. The maximum absolute atomic E-state index is 12.9. The highest BCUT2D eigenvalue weighted by atomic mass is 16.5. The SMILES string of the molecule is C#C.COC(=O)c1cccc(C(=O)C2CCN(C(=O)CCCc3nc4c(C)cccc4c(=O)[nH]3)CC2)c1. The number of nitrogens with zero attached hydrogens (tertiary/aromatic N) is 2. The van der Waals surface area contributed by atoms with E-state index in [0.717, 1.165) is 5.56 Å². The van der Waals surface area contributed by atoms with Gasteiger partial charge in [-0.15, -0.1) is 12.8 Å². The number of piperidine rings is 1. The number of Topliss-reactive ketones (excluding diaryl/α,β-unsaturated/α-hetero) is 1. The first kappa shape index (κ1) is 27.3. The smallest absolute Gasteiger partial charge is 0.337 e. The fourth-order valence-electron chi connectivity index (χ4n) is 4.58. The van der Waals surface area contributed by atoms with Crippen LogP contribution in [0.3, 0.4) is 0 Å². The van der Waals surface area contributed by atoms with Crippen molar-refractivity contribution in [2.75, 3.05) is 20.2 Å². The van der Waals surface area contributed by atoms with E-state index in [1.165, 1.54) is 7.11 Å². The first-order valence-corrected chi connectivity index (χ1v) is 12.2. The van der Waals surface area contributed by atoms with Crippen LogP contribution in [0.4, 0.5) is 0 Å². The van der Waals surface area contributed by atoms with Gasteiger partial charge in [-0.25, -0.2) is 9.78 Å². The molecule has 3 aromatic rings. The summed E-state index contributed by atoms with van der Waals surface area (Å²) >= 11 is 0. The van der Waals surface area contributed by atoms with E-state index < -0.39 is 5.97 Å². The van der Waals surface area contributed by atoms with Crippen LogP contribution in [0.15, 0.2) is 47.3 Å². The summed E-state index contributed by atoms with van der Waals surface area (Å²) in [4.78, 5) is 58.9. The summed E-state index contributed by atoms with van der Waals surface area (Å²) < 4.78 is 4.73. The molecule has 1 aliphatic rings. The van der Waals surface area contributed by atoms with Gasteiger partial charge in [0.2, 0.25) is 5.91 Å². The number of benzene rings is 2. The molecule has 0 radical (unpaired) electrons. The van der Waals surface area contributed by atoms with Crippen LogP contribution in [0, 0.1) is 25.7 Å². The van der Waals surface area contributed by atoms with Crippen molar-refractivity contribution in [3.05, 3.63) is 75.3 Å². The number of carbonyl (C=O) groups excluding carboxylic acids is 3. The molecule has 2 aromatic carbocycles. The molecule has 0 atom stereocenters. The number of methoxy groups -OCH3 is 1. The molecule has 0 spiro atoms. The molecule has 1 aliphatic heterocycles. The summed E-state index contributed by atoms with van der Waals surface area (Å²) in [6.45, 7) is 2.97. The Kier molecular flexibility index (Phi) is 9.33. The number of likely N-dealkylation sites (tertiary alicyclic amines) is 1. The van der Waals surface area contributed by atoms with Gasteiger partial charge in [-0.2, -0.15) is 0 Å². The predicted molar refractivity (Wildman–Crippen MR) is 141 cm³/mol. The number of hydrogen-bond acceptors (Lipinski definition) is 6. The van der Waals surface area contributed by atoms with Crippen molar-refractivity contribution in [3.8, 4) is 12.8 Å². The number of aryl methyl sites for hydroxylation is 2. The standard InChI is InChI=1S/C27H29N3O5.C2H2/c1-17-6-3-9-21-24(17)28-22(29-26(21)33)10-5-11-23(31)30-14-12-18(13-15-30)25(32)19-7-4-8-20(16-19)27(34)35-2;1-2/h3-4,6-9,16,18H,5,10-15H2,1-2H3,(H,28,29,33);1-2H. The number of amides is 1. The Balaban J connectivity index is 0.00000186. The molecule has 2 heterocycles. The van der Waals surface area contributed by atoms with Crippen LogP contribution in [0.1, 0.15) is 57.8 Å². The van der Waals surface area contributed by atoms with Gasteiger partial charge in [0.25, 0.3) is 5.56 Å². The second kappa shape index (κ2) is 12.6. The zero-order chi connectivity index (χ0) is 26.9. The van der Waals surface area contributed by atoms with Gasteiger partial charge in [-0.05, 0) is 49.9 Å². The molecule has 8 nitrogen and oxygen atoms in total. The zero-order valence-electron chi connectivity index (χ0n) is 21.2. The second-order valence-electron chi connectivity index (χ2n) is 8.93. The van der Waals surface area contributed by atoms with E-state index in [-0.39, 0.29) is 23.2 Å². The van der Waals surface area contributed by atoms with Crippen molar-refractivity contribution in [2.24, 2.45) is 5.92 Å². The van der Waals surface area contributed by atoms with E-state index in [4.69, 9.17) is 4.74 Å². The van der Waals surface area contributed by atoms with Gasteiger partial charge in [-0.3, -0.25) is 14.4 Å². The van der Waals surface area contributed by atoms with Gasteiger partial charge in [0.15, 0.2) is 5.78 Å². The lowest BCUT2D eigenvalue weighted by Gasteiger charge is -2.31. The van der Waals surface area contributed by atoms with Gasteiger partial charge in [-0.1, -0.05) is 24.3 Å². The quantitative estimate of drug-likeness (QED) is 0.300. The molecule has 0 aliphatic carbocycles. The van der Waals surface area contributed by atoms with E-state index in [1.54, 1.807) is 35.2 Å². The average molecular weight is 502 g/mol. The van der Waals surface area contributed by atoms with Crippen molar-refractivity contribution in [1.29, 1.82) is 0 Å². The van der Waals surface area contributed by atoms with Crippen molar-refractivity contribution in [1.82, 2.24) is 14.9 Å². The van der Waals surface area contributed by atoms with Gasteiger partial charge < -0.3 is 14.6 Å². The number of esters is 1. The number of ether oxygens (including phenoxy) is 1. The number of ketones is 1. The second-order valence-corrected chi connectivity index (χ2v) is 8.93. The van der Waals surface area contributed by atoms with Crippen LogP contribution < -0.4 is 5.56 Å². The first-order chi connectivity index (χ1) is 17.9. The number of H-pyrrole nitrogens is 1. The molecule has 1 N–H and O–H groups in total. The van der Waals surface area contributed by atoms with E-state index in [0.29, 0.717) is 73.0 Å². The summed E-state index contributed by atoms with van der Waals surface area (Å²) in [5.41, 5.74) is 2.32. The Morgan fingerprint density at radius 2 is 1.76 bits per heavy atom. The Labute approximate surface area is 216 Å². The number of aromatic amines is 1. The minimum atomic E-state index is -0.474. The molecule has 1 aromatic heterocycles. The highest BCUT2D eigenvalue weighted by molar-refractivity contribution is 6.00. The molecule has 4 rings (SSSR count). The highest BCUT2D eigenvalue weighted by Gasteiger charge is 2.28. The van der Waals surface area contributed by atoms with Crippen LogP contribution in [-0.2, 0) is 16.0 Å². The van der Waals surface area contributed by atoms with Crippen LogP contribution in [-0.4, -0.2) is 52.7 Å². The largest absolute Gasteiger partial charge is 0.465 e. The molecule has 1 saturated heterocycles. The molecular weight excluding hydrogens is 470 g/mol. The van der Waals surface area contributed by atoms with E-state index in [9.17, 15) is 19.2 Å². The van der Waals surface area contributed by atoms with Gasteiger partial charge in [0.05, 0.1) is 23.6 Å². The van der Waals surface area contributed by atoms with Crippen molar-refractivity contribution in [3.63, 3.8) is 0 Å². The number of carbonyl (C=O) groups is 3. The molecule has 37 heavy (non-hydrogen) atoms. The van der Waals surface area contributed by atoms with E-state index >= 15 is 0 Å². The predicted octanol–water partition coefficient (Wildman–Crippen LogP) is 3.71. The Hall–Kier alpha value is -4.25. The number of rotatable bonds is 7. The Morgan fingerprint density at radius 3 is 2.46 bits per heavy atom. The summed E-state index contributed by atoms with van der Waals surface area (Å²) in [7, 11) is 1.31. The minimum Gasteiger partial charge on any atom is -0.465 e. The van der Waals surface area contributed by atoms with Crippen molar-refractivity contribution < 1.29 is 19.1 Å². The van der Waals surface area contributed by atoms with Crippen LogP contribution in [0.25, 0.3) is 10.9 Å². The van der Waals surface area contributed by atoms with Gasteiger partial charge in [0.1, 0.15) is 5.82 Å². The molecule has 192 valence electrons. The summed E-state index contributed by atoms with van der Waals surface area (Å²) in [5, 5.41) is 0.569. The molecule has 8 heteroatoms. The molecule has 1 amide bonds. The number of nitrogens with one attached hydrogen (secondary N) is 1. The highest BCUT2D eigenvalue weighted by Crippen LogP contribution is 2.23. The fraction of sp³-hybridized carbons (Fsp3) is 0.345. The molecule has 0 bridgehead atoms. The number of hydrogen-bond donors (Lipinski definition) is 1. The third-order valence-electron chi connectivity index (χ3n) is 6.58. The number of para-hydroxylation sites is 1. The van der Waals surface area contributed by atoms with E-state index in [1.807, 2.05) is 19.1 Å². The fourth-order valence-corrected chi connectivity index (χ4v) is 4.58. The molecule has 1 fully saturated rings. The maximum atomic E-state index is 12.9. The van der Waals surface area contributed by atoms with Gasteiger partial charge in [0, 0.05) is 37.4 Å². The normalized spacial score (nSPS) is 13.5. The lowest BCUT2D eigenvalue weighted by molar-refractivity contribution is -0.132. The Bertz CT molecular complexity index is 1370. The lowest BCUT2D eigenvalue weighted by atomic mass is 9.88. The number of fused-ring (bicyclic) bond motifs is 1. The van der Waals surface area contributed by atoms with Gasteiger partial charge >= 0.3 is 5.97 Å². The topological polar surface area (TPSA) is 109 Å². The van der Waals surface area contributed by atoms with Crippen LogP contribution in [0.5, 0.6) is 0 Å². The average Bonchev–Trinajstić information content (AvgIpc) is 2.94. The number of aromatic nitrogens is 2. The van der Waals surface area contributed by atoms with Crippen molar-refractivity contribution in [2.45, 2.75) is 39.0 Å².